The van der Waals surface area contributed by atoms with Gasteiger partial charge in [0.25, 0.3) is 5.91 Å². The van der Waals surface area contributed by atoms with Crippen LogP contribution < -0.4 is 4.90 Å². The molecule has 148 valence electrons. The Morgan fingerprint density at radius 2 is 1.79 bits per heavy atom. The highest BCUT2D eigenvalue weighted by Gasteiger charge is 2.23. The Morgan fingerprint density at radius 1 is 1.07 bits per heavy atom. The van der Waals surface area contributed by atoms with Crippen LogP contribution in [0.15, 0.2) is 48.7 Å². The molecule has 0 spiro atoms. The monoisotopic (exact) mass is 382 g/mol. The molecule has 1 aromatic carbocycles. The molecular formula is C21H26N4O3. The molecule has 0 atom stereocenters. The van der Waals surface area contributed by atoms with Gasteiger partial charge in [0, 0.05) is 46.0 Å². The van der Waals surface area contributed by atoms with Gasteiger partial charge in [-0.05, 0) is 24.6 Å². The Hall–Kier alpha value is -3.09. The van der Waals surface area contributed by atoms with E-state index in [9.17, 15) is 9.59 Å². The third-order valence-corrected chi connectivity index (χ3v) is 4.73. The van der Waals surface area contributed by atoms with Crippen LogP contribution in [0, 0.1) is 0 Å². The molecule has 0 saturated carbocycles. The molecule has 7 heteroatoms. The molecule has 1 aliphatic rings. The molecule has 2 amide bonds. The number of hydrogen-bond acceptors (Lipinski definition) is 5. The van der Waals surface area contributed by atoms with E-state index in [4.69, 9.17) is 4.74 Å². The Balaban J connectivity index is 1.56. The second kappa shape index (κ2) is 9.21. The maximum Gasteiger partial charge on any atom is 0.409 e. The molecule has 1 saturated heterocycles. The molecule has 0 bridgehead atoms. The second-order valence-electron chi connectivity index (χ2n) is 6.72. The molecule has 28 heavy (non-hydrogen) atoms. The highest BCUT2D eigenvalue weighted by Crippen LogP contribution is 2.16. The van der Waals surface area contributed by atoms with Gasteiger partial charge in [-0.2, -0.15) is 0 Å². The number of pyridine rings is 1. The van der Waals surface area contributed by atoms with E-state index in [2.05, 4.69) is 9.88 Å². The van der Waals surface area contributed by atoms with E-state index < -0.39 is 0 Å². The number of rotatable bonds is 5. The van der Waals surface area contributed by atoms with E-state index in [1.165, 1.54) is 0 Å². The quantitative estimate of drug-likeness (QED) is 0.795. The summed E-state index contributed by atoms with van der Waals surface area (Å²) in [5.74, 6) is 0.751. The first-order valence-electron chi connectivity index (χ1n) is 9.50. The summed E-state index contributed by atoms with van der Waals surface area (Å²) in [6.07, 6.45) is 1.36. The molecule has 7 nitrogen and oxygen atoms in total. The summed E-state index contributed by atoms with van der Waals surface area (Å²) >= 11 is 0. The lowest BCUT2D eigenvalue weighted by Crippen LogP contribution is -2.49. The Bertz CT molecular complexity index is 787. The van der Waals surface area contributed by atoms with Crippen molar-refractivity contribution in [3.8, 4) is 0 Å². The number of aromatic nitrogens is 1. The van der Waals surface area contributed by atoms with Gasteiger partial charge in [0.1, 0.15) is 5.82 Å². The number of ether oxygens (including phenoxy) is 1. The predicted molar refractivity (Wildman–Crippen MR) is 107 cm³/mol. The minimum Gasteiger partial charge on any atom is -0.450 e. The third-order valence-electron chi connectivity index (χ3n) is 4.73. The zero-order chi connectivity index (χ0) is 19.9. The summed E-state index contributed by atoms with van der Waals surface area (Å²) in [6.45, 7) is 5.31. The van der Waals surface area contributed by atoms with Crippen molar-refractivity contribution in [3.63, 3.8) is 0 Å². The maximum absolute atomic E-state index is 12.6. The molecule has 0 aliphatic carbocycles. The summed E-state index contributed by atoms with van der Waals surface area (Å²) in [6, 6.07) is 13.6. The van der Waals surface area contributed by atoms with Gasteiger partial charge >= 0.3 is 6.09 Å². The number of carbonyl (C=O) groups is 2. The molecule has 1 aromatic heterocycles. The van der Waals surface area contributed by atoms with Crippen molar-refractivity contribution >= 4 is 17.8 Å². The van der Waals surface area contributed by atoms with E-state index in [0.717, 1.165) is 11.4 Å². The number of anilines is 1. The lowest BCUT2D eigenvalue weighted by Gasteiger charge is -2.34. The number of nitrogens with zero attached hydrogens (tertiary/aromatic N) is 4. The number of hydrogen-bond donors (Lipinski definition) is 0. The van der Waals surface area contributed by atoms with Gasteiger partial charge in [-0.15, -0.1) is 0 Å². The molecule has 2 aromatic rings. The first-order chi connectivity index (χ1) is 13.6. The summed E-state index contributed by atoms with van der Waals surface area (Å²) < 4.78 is 5.04. The van der Waals surface area contributed by atoms with E-state index in [1.807, 2.05) is 42.5 Å². The van der Waals surface area contributed by atoms with Crippen molar-refractivity contribution in [3.05, 3.63) is 59.8 Å². The molecule has 2 heterocycles. The average molecular weight is 382 g/mol. The van der Waals surface area contributed by atoms with Crippen molar-refractivity contribution in [2.75, 3.05) is 44.7 Å². The number of piperazine rings is 1. The van der Waals surface area contributed by atoms with E-state index in [0.29, 0.717) is 44.9 Å². The second-order valence-corrected chi connectivity index (χ2v) is 6.72. The van der Waals surface area contributed by atoms with Gasteiger partial charge in [0.2, 0.25) is 0 Å². The summed E-state index contributed by atoms with van der Waals surface area (Å²) in [4.78, 5) is 34.4. The lowest BCUT2D eigenvalue weighted by atomic mass is 10.2. The van der Waals surface area contributed by atoms with Gasteiger partial charge in [-0.25, -0.2) is 9.78 Å². The van der Waals surface area contributed by atoms with Crippen molar-refractivity contribution in [1.29, 1.82) is 0 Å². The van der Waals surface area contributed by atoms with Crippen molar-refractivity contribution < 1.29 is 14.3 Å². The highest BCUT2D eigenvalue weighted by molar-refractivity contribution is 5.93. The lowest BCUT2D eigenvalue weighted by molar-refractivity contribution is 0.0784. The minimum atomic E-state index is -0.266. The normalized spacial score (nSPS) is 13.9. The molecule has 3 rings (SSSR count). The van der Waals surface area contributed by atoms with Gasteiger partial charge in [-0.1, -0.05) is 30.3 Å². The highest BCUT2D eigenvalue weighted by atomic mass is 16.6. The van der Waals surface area contributed by atoms with Gasteiger partial charge in [0.05, 0.1) is 12.2 Å². The molecule has 0 unspecified atom stereocenters. The standard InChI is InChI=1S/C21H26N4O3/c1-3-28-21(27)25-13-11-24(12-14-25)19-10-9-18(15-22-19)20(26)23(2)16-17-7-5-4-6-8-17/h4-10,15H,3,11-14,16H2,1-2H3. The predicted octanol–water partition coefficient (Wildman–Crippen LogP) is 2.63. The fourth-order valence-electron chi connectivity index (χ4n) is 3.18. The van der Waals surface area contributed by atoms with Gasteiger partial charge < -0.3 is 19.4 Å². The fraction of sp³-hybridized carbons (Fsp3) is 0.381. The van der Waals surface area contributed by atoms with Crippen molar-refractivity contribution in [1.82, 2.24) is 14.8 Å². The SMILES string of the molecule is CCOC(=O)N1CCN(c2ccc(C(=O)N(C)Cc3ccccc3)cn2)CC1. The molecule has 0 radical (unpaired) electrons. The third kappa shape index (κ3) is 4.79. The summed E-state index contributed by atoms with van der Waals surface area (Å²) in [5, 5.41) is 0. The zero-order valence-corrected chi connectivity index (χ0v) is 16.4. The van der Waals surface area contributed by atoms with Gasteiger partial charge in [-0.3, -0.25) is 4.79 Å². The smallest absolute Gasteiger partial charge is 0.409 e. The van der Waals surface area contributed by atoms with Crippen LogP contribution in [-0.4, -0.2) is 66.6 Å². The zero-order valence-electron chi connectivity index (χ0n) is 16.4. The Labute approximate surface area is 165 Å². The topological polar surface area (TPSA) is 66.0 Å². The van der Waals surface area contributed by atoms with Crippen LogP contribution in [-0.2, 0) is 11.3 Å². The summed E-state index contributed by atoms with van der Waals surface area (Å²) in [5.41, 5.74) is 1.65. The van der Waals surface area contributed by atoms with Gasteiger partial charge in [0.15, 0.2) is 0 Å². The molecule has 1 fully saturated rings. The minimum absolute atomic E-state index is 0.0602. The van der Waals surface area contributed by atoms with E-state index >= 15 is 0 Å². The Morgan fingerprint density at radius 3 is 2.39 bits per heavy atom. The van der Waals surface area contributed by atoms with Crippen LogP contribution in [0.2, 0.25) is 0 Å². The van der Waals surface area contributed by atoms with E-state index in [1.54, 1.807) is 30.0 Å². The first kappa shape index (κ1) is 19.7. The fourth-order valence-corrected chi connectivity index (χ4v) is 3.18. The van der Waals surface area contributed by atoms with Crippen LogP contribution in [0.5, 0.6) is 0 Å². The summed E-state index contributed by atoms with van der Waals surface area (Å²) in [7, 11) is 1.79. The molecule has 0 N–H and O–H groups in total. The average Bonchev–Trinajstić information content (AvgIpc) is 2.74. The first-order valence-corrected chi connectivity index (χ1v) is 9.50. The van der Waals surface area contributed by atoms with Crippen molar-refractivity contribution in [2.24, 2.45) is 0 Å². The van der Waals surface area contributed by atoms with E-state index in [-0.39, 0.29) is 12.0 Å². The Kier molecular flexibility index (Phi) is 6.47. The number of carbonyl (C=O) groups excluding carboxylic acids is 2. The van der Waals surface area contributed by atoms with Crippen molar-refractivity contribution in [2.45, 2.75) is 13.5 Å². The number of amides is 2. The molecule has 1 aliphatic heterocycles. The van der Waals surface area contributed by atoms with Crippen LogP contribution in [0.3, 0.4) is 0 Å². The largest absolute Gasteiger partial charge is 0.450 e. The molecular weight excluding hydrogens is 356 g/mol. The van der Waals surface area contributed by atoms with Crippen LogP contribution in [0.4, 0.5) is 10.6 Å². The van der Waals surface area contributed by atoms with Crippen LogP contribution in [0.1, 0.15) is 22.8 Å². The van der Waals surface area contributed by atoms with Crippen LogP contribution in [0.25, 0.3) is 0 Å². The van der Waals surface area contributed by atoms with Crippen LogP contribution >= 0.6 is 0 Å². The maximum atomic E-state index is 12.6. The number of benzene rings is 1.